The number of aryl methyl sites for hydroxylation is 1. The van der Waals surface area contributed by atoms with E-state index in [0.29, 0.717) is 13.2 Å². The molecule has 0 unspecified atom stereocenters. The van der Waals surface area contributed by atoms with Crippen LogP contribution in [0.5, 0.6) is 11.5 Å². The molecule has 1 aliphatic rings. The van der Waals surface area contributed by atoms with Gasteiger partial charge in [0.15, 0.2) is 16.6 Å². The van der Waals surface area contributed by atoms with Crippen molar-refractivity contribution in [1.82, 2.24) is 4.98 Å². The van der Waals surface area contributed by atoms with Gasteiger partial charge in [0.25, 0.3) is 0 Å². The average molecular weight is 298 g/mol. The van der Waals surface area contributed by atoms with Gasteiger partial charge in [-0.05, 0) is 36.8 Å². The minimum atomic E-state index is 0.594. The second-order valence-electron chi connectivity index (χ2n) is 4.97. The van der Waals surface area contributed by atoms with E-state index >= 15 is 0 Å². The Bertz CT molecular complexity index is 813. The predicted molar refractivity (Wildman–Crippen MR) is 85.1 cm³/mol. The number of nitrogens with one attached hydrogen (secondary N) is 1. The fourth-order valence-electron chi connectivity index (χ4n) is 2.34. The fourth-order valence-corrected chi connectivity index (χ4v) is 3.20. The van der Waals surface area contributed by atoms with Gasteiger partial charge in [0.05, 0.1) is 10.2 Å². The first kappa shape index (κ1) is 12.5. The molecule has 4 rings (SSSR count). The summed E-state index contributed by atoms with van der Waals surface area (Å²) in [6, 6.07) is 12.2. The minimum Gasteiger partial charge on any atom is -0.486 e. The number of fused-ring (bicyclic) bond motifs is 2. The highest BCUT2D eigenvalue weighted by Gasteiger charge is 2.12. The van der Waals surface area contributed by atoms with Crippen LogP contribution in [0, 0.1) is 6.92 Å². The monoisotopic (exact) mass is 298 g/mol. The number of ether oxygens (including phenoxy) is 2. The van der Waals surface area contributed by atoms with E-state index in [1.54, 1.807) is 11.3 Å². The third kappa shape index (κ3) is 2.40. The Morgan fingerprint density at radius 1 is 1.05 bits per heavy atom. The van der Waals surface area contributed by atoms with Crippen molar-refractivity contribution in [2.45, 2.75) is 6.92 Å². The maximum Gasteiger partial charge on any atom is 0.188 e. The molecule has 0 aliphatic carbocycles. The molecule has 5 heteroatoms. The molecule has 0 radical (unpaired) electrons. The van der Waals surface area contributed by atoms with Crippen molar-refractivity contribution in [2.75, 3.05) is 18.5 Å². The third-order valence-corrected chi connectivity index (χ3v) is 4.29. The van der Waals surface area contributed by atoms with Crippen molar-refractivity contribution in [2.24, 2.45) is 0 Å². The summed E-state index contributed by atoms with van der Waals surface area (Å²) in [5.41, 5.74) is 3.20. The van der Waals surface area contributed by atoms with E-state index in [9.17, 15) is 0 Å². The van der Waals surface area contributed by atoms with Crippen molar-refractivity contribution in [3.63, 3.8) is 0 Å². The van der Waals surface area contributed by atoms with Gasteiger partial charge in [0, 0.05) is 11.8 Å². The van der Waals surface area contributed by atoms with Gasteiger partial charge in [0.2, 0.25) is 0 Å². The highest BCUT2D eigenvalue weighted by molar-refractivity contribution is 7.22. The summed E-state index contributed by atoms with van der Waals surface area (Å²) in [5.74, 6) is 1.58. The van der Waals surface area contributed by atoms with Crippen LogP contribution < -0.4 is 14.8 Å². The molecule has 3 aromatic rings. The first-order valence-electron chi connectivity index (χ1n) is 6.82. The van der Waals surface area contributed by atoms with Gasteiger partial charge in [-0.2, -0.15) is 0 Å². The molecule has 0 atom stereocenters. The minimum absolute atomic E-state index is 0.594. The lowest BCUT2D eigenvalue weighted by Crippen LogP contribution is -2.15. The molecule has 0 bridgehead atoms. The second-order valence-corrected chi connectivity index (χ2v) is 6.00. The Morgan fingerprint density at radius 2 is 1.90 bits per heavy atom. The van der Waals surface area contributed by atoms with Crippen LogP contribution in [-0.4, -0.2) is 18.2 Å². The van der Waals surface area contributed by atoms with Crippen LogP contribution in [0.2, 0.25) is 0 Å². The van der Waals surface area contributed by atoms with Crippen LogP contribution in [0.4, 0.5) is 10.8 Å². The first-order valence-corrected chi connectivity index (χ1v) is 7.63. The summed E-state index contributed by atoms with van der Waals surface area (Å²) in [6.07, 6.45) is 0. The highest BCUT2D eigenvalue weighted by Crippen LogP contribution is 2.35. The highest BCUT2D eigenvalue weighted by atomic mass is 32.1. The zero-order valence-electron chi connectivity index (χ0n) is 11.6. The number of hydrogen-bond donors (Lipinski definition) is 1. The number of benzene rings is 2. The molecule has 0 saturated heterocycles. The number of rotatable bonds is 2. The summed E-state index contributed by atoms with van der Waals surface area (Å²) in [6.45, 7) is 3.28. The predicted octanol–water partition coefficient (Wildman–Crippen LogP) is 4.12. The van der Waals surface area contributed by atoms with Crippen molar-refractivity contribution in [1.29, 1.82) is 0 Å². The van der Waals surface area contributed by atoms with Gasteiger partial charge >= 0.3 is 0 Å². The molecule has 2 heterocycles. The van der Waals surface area contributed by atoms with Crippen molar-refractivity contribution < 1.29 is 9.47 Å². The van der Waals surface area contributed by atoms with E-state index in [2.05, 4.69) is 35.4 Å². The van der Waals surface area contributed by atoms with E-state index < -0.39 is 0 Å². The molecular formula is C16H14N2O2S. The molecule has 2 aromatic carbocycles. The van der Waals surface area contributed by atoms with Crippen LogP contribution in [0.3, 0.4) is 0 Å². The molecule has 0 fully saturated rings. The molecule has 4 nitrogen and oxygen atoms in total. The van der Waals surface area contributed by atoms with Gasteiger partial charge < -0.3 is 14.8 Å². The number of thiazole rings is 1. The first-order chi connectivity index (χ1) is 10.3. The number of hydrogen-bond acceptors (Lipinski definition) is 5. The van der Waals surface area contributed by atoms with Gasteiger partial charge in [0.1, 0.15) is 13.2 Å². The summed E-state index contributed by atoms with van der Waals surface area (Å²) >= 11 is 1.64. The standard InChI is InChI=1S/C16H14N2O2S/c1-10-2-5-15-12(8-10)18-16(21-15)17-11-3-4-13-14(9-11)20-7-6-19-13/h2-5,8-9H,6-7H2,1H3,(H,17,18). The lowest BCUT2D eigenvalue weighted by Gasteiger charge is -2.18. The van der Waals surface area contributed by atoms with Crippen molar-refractivity contribution in [3.05, 3.63) is 42.0 Å². The Morgan fingerprint density at radius 3 is 2.81 bits per heavy atom. The van der Waals surface area contributed by atoms with Gasteiger partial charge in [-0.15, -0.1) is 0 Å². The molecule has 0 amide bonds. The molecule has 0 spiro atoms. The van der Waals surface area contributed by atoms with Crippen LogP contribution in [0.15, 0.2) is 36.4 Å². The quantitative estimate of drug-likeness (QED) is 0.773. The van der Waals surface area contributed by atoms with E-state index in [0.717, 1.165) is 27.8 Å². The maximum atomic E-state index is 5.59. The topological polar surface area (TPSA) is 43.4 Å². The van der Waals surface area contributed by atoms with Crippen LogP contribution in [0.25, 0.3) is 10.2 Å². The zero-order valence-corrected chi connectivity index (χ0v) is 12.4. The normalized spacial score (nSPS) is 13.4. The Labute approximate surface area is 126 Å². The smallest absolute Gasteiger partial charge is 0.188 e. The molecule has 21 heavy (non-hydrogen) atoms. The van der Waals surface area contributed by atoms with Gasteiger partial charge in [-0.3, -0.25) is 0 Å². The molecule has 1 aromatic heterocycles. The molecule has 1 aliphatic heterocycles. The number of anilines is 2. The summed E-state index contributed by atoms with van der Waals surface area (Å²) in [5, 5.41) is 4.22. The average Bonchev–Trinajstić information content (AvgIpc) is 2.88. The van der Waals surface area contributed by atoms with Crippen LogP contribution in [0.1, 0.15) is 5.56 Å². The van der Waals surface area contributed by atoms with Crippen LogP contribution in [-0.2, 0) is 0 Å². The Hall–Kier alpha value is -2.27. The van der Waals surface area contributed by atoms with E-state index in [-0.39, 0.29) is 0 Å². The summed E-state index contributed by atoms with van der Waals surface area (Å²) in [7, 11) is 0. The Kier molecular flexibility index (Phi) is 2.93. The molecule has 0 saturated carbocycles. The van der Waals surface area contributed by atoms with E-state index in [1.807, 2.05) is 18.2 Å². The van der Waals surface area contributed by atoms with Gasteiger partial charge in [-0.1, -0.05) is 17.4 Å². The largest absolute Gasteiger partial charge is 0.486 e. The summed E-state index contributed by atoms with van der Waals surface area (Å²) in [4.78, 5) is 4.62. The lowest BCUT2D eigenvalue weighted by atomic mass is 10.2. The molecule has 106 valence electrons. The summed E-state index contributed by atoms with van der Waals surface area (Å²) < 4.78 is 12.3. The zero-order chi connectivity index (χ0) is 14.2. The number of nitrogens with zero attached hydrogens (tertiary/aromatic N) is 1. The van der Waals surface area contributed by atoms with Crippen LogP contribution >= 0.6 is 11.3 Å². The molecular weight excluding hydrogens is 284 g/mol. The van der Waals surface area contributed by atoms with Crippen molar-refractivity contribution in [3.8, 4) is 11.5 Å². The number of aromatic nitrogens is 1. The van der Waals surface area contributed by atoms with Gasteiger partial charge in [-0.25, -0.2) is 4.98 Å². The maximum absolute atomic E-state index is 5.59. The lowest BCUT2D eigenvalue weighted by molar-refractivity contribution is 0.171. The van der Waals surface area contributed by atoms with E-state index in [1.165, 1.54) is 10.3 Å². The third-order valence-electron chi connectivity index (χ3n) is 3.34. The van der Waals surface area contributed by atoms with Crippen molar-refractivity contribution >= 4 is 32.4 Å². The molecule has 1 N–H and O–H groups in total. The second kappa shape index (κ2) is 4.93. The van der Waals surface area contributed by atoms with E-state index in [4.69, 9.17) is 9.47 Å². The Balaban J connectivity index is 1.64. The SMILES string of the molecule is Cc1ccc2sc(Nc3ccc4c(c3)OCCO4)nc2c1. The fraction of sp³-hybridized carbons (Fsp3) is 0.188.